The van der Waals surface area contributed by atoms with E-state index in [0.717, 1.165) is 11.3 Å². The van der Waals surface area contributed by atoms with E-state index in [4.69, 9.17) is 15.9 Å². The number of carbonyl (C=O) groups excluding carboxylic acids is 1. The van der Waals surface area contributed by atoms with Gasteiger partial charge in [-0.15, -0.1) is 11.3 Å². The first-order valence-corrected chi connectivity index (χ1v) is 4.78. The first-order chi connectivity index (χ1) is 7.04. The molecule has 15 heavy (non-hydrogen) atoms. The van der Waals surface area contributed by atoms with Crippen molar-refractivity contribution in [3.05, 3.63) is 11.1 Å². The summed E-state index contributed by atoms with van der Waals surface area (Å²) in [7, 11) is 0. The molecule has 0 aliphatic carbocycles. The third-order valence-corrected chi connectivity index (χ3v) is 2.21. The predicted octanol–water partition coefficient (Wildman–Crippen LogP) is -1.10. The van der Waals surface area contributed by atoms with E-state index >= 15 is 0 Å². The fourth-order valence-corrected chi connectivity index (χ4v) is 1.35. The highest BCUT2D eigenvalue weighted by Crippen LogP contribution is 2.10. The molecule has 0 aliphatic heterocycles. The van der Waals surface area contributed by atoms with E-state index in [1.807, 2.05) is 0 Å². The van der Waals surface area contributed by atoms with Gasteiger partial charge in [0.1, 0.15) is 5.69 Å². The molecule has 7 nitrogen and oxygen atoms in total. The standard InChI is InChI=1S/C7H9N3O4S/c8-7-10-4(2-15-7)5(12)9-3(1-11)6(13)14/h2-3,11H,1H2,(H2,8,10)(H,9,12)(H,13,14)/t3-/m0/s1. The molecule has 1 amide bonds. The van der Waals surface area contributed by atoms with Gasteiger partial charge in [0.15, 0.2) is 11.2 Å². The fourth-order valence-electron chi connectivity index (χ4n) is 0.810. The number of carboxylic acids is 1. The van der Waals surface area contributed by atoms with E-state index in [2.05, 4.69) is 10.3 Å². The number of nitrogens with zero attached hydrogens (tertiary/aromatic N) is 1. The molecule has 1 aromatic rings. The van der Waals surface area contributed by atoms with Crippen LogP contribution in [0.4, 0.5) is 5.13 Å². The Hall–Kier alpha value is -1.67. The summed E-state index contributed by atoms with van der Waals surface area (Å²) in [5.41, 5.74) is 5.34. The van der Waals surface area contributed by atoms with Crippen LogP contribution in [0, 0.1) is 0 Å². The largest absolute Gasteiger partial charge is 0.480 e. The van der Waals surface area contributed by atoms with Gasteiger partial charge in [-0.2, -0.15) is 0 Å². The van der Waals surface area contributed by atoms with Crippen LogP contribution < -0.4 is 11.1 Å². The number of aromatic nitrogens is 1. The summed E-state index contributed by atoms with van der Waals surface area (Å²) < 4.78 is 0. The van der Waals surface area contributed by atoms with Gasteiger partial charge in [0.05, 0.1) is 6.61 Å². The number of nitrogen functional groups attached to an aromatic ring is 1. The smallest absolute Gasteiger partial charge is 0.328 e. The Bertz CT molecular complexity index is 378. The molecule has 1 heterocycles. The van der Waals surface area contributed by atoms with E-state index in [-0.39, 0.29) is 10.8 Å². The van der Waals surface area contributed by atoms with E-state index in [0.29, 0.717) is 0 Å². The Morgan fingerprint density at radius 2 is 2.33 bits per heavy atom. The Labute approximate surface area is 88.6 Å². The quantitative estimate of drug-likeness (QED) is 0.521. The SMILES string of the molecule is Nc1nc(C(=O)N[C@@H](CO)C(=O)O)cs1. The zero-order chi connectivity index (χ0) is 11.4. The second-order valence-corrected chi connectivity index (χ2v) is 3.51. The summed E-state index contributed by atoms with van der Waals surface area (Å²) in [6.45, 7) is -0.680. The number of carbonyl (C=O) groups is 2. The van der Waals surface area contributed by atoms with Crippen molar-refractivity contribution < 1.29 is 19.8 Å². The van der Waals surface area contributed by atoms with Gasteiger partial charge >= 0.3 is 5.97 Å². The molecular weight excluding hydrogens is 222 g/mol. The van der Waals surface area contributed by atoms with E-state index in [1.165, 1.54) is 5.38 Å². The topological polar surface area (TPSA) is 126 Å². The minimum Gasteiger partial charge on any atom is -0.480 e. The summed E-state index contributed by atoms with van der Waals surface area (Å²) >= 11 is 1.07. The normalized spacial score (nSPS) is 12.1. The summed E-state index contributed by atoms with van der Waals surface area (Å²) in [6, 6.07) is -1.33. The van der Waals surface area contributed by atoms with E-state index in [1.54, 1.807) is 0 Å². The summed E-state index contributed by atoms with van der Waals surface area (Å²) in [5.74, 6) is -1.99. The lowest BCUT2D eigenvalue weighted by molar-refractivity contribution is -0.140. The first kappa shape index (κ1) is 11.4. The number of anilines is 1. The van der Waals surface area contributed by atoms with Crippen LogP contribution in [-0.4, -0.2) is 39.7 Å². The van der Waals surface area contributed by atoms with Gasteiger partial charge in [0, 0.05) is 5.38 Å². The molecule has 5 N–H and O–H groups in total. The molecule has 0 aromatic carbocycles. The predicted molar refractivity (Wildman–Crippen MR) is 52.5 cm³/mol. The maximum Gasteiger partial charge on any atom is 0.328 e. The zero-order valence-electron chi connectivity index (χ0n) is 7.51. The monoisotopic (exact) mass is 231 g/mol. The second kappa shape index (κ2) is 4.71. The van der Waals surface area contributed by atoms with Crippen molar-refractivity contribution in [2.24, 2.45) is 0 Å². The minimum absolute atomic E-state index is 0.0391. The number of nitrogens with one attached hydrogen (secondary N) is 1. The highest BCUT2D eigenvalue weighted by molar-refractivity contribution is 7.13. The van der Waals surface area contributed by atoms with Crippen molar-refractivity contribution in [1.82, 2.24) is 10.3 Å². The molecule has 0 fully saturated rings. The Kier molecular flexibility index (Phi) is 3.58. The average Bonchev–Trinajstić information content (AvgIpc) is 2.60. The van der Waals surface area contributed by atoms with Crippen molar-refractivity contribution in [2.45, 2.75) is 6.04 Å². The molecule has 0 unspecified atom stereocenters. The zero-order valence-corrected chi connectivity index (χ0v) is 8.32. The summed E-state index contributed by atoms with van der Waals surface area (Å²) in [6.07, 6.45) is 0. The molecule has 1 rings (SSSR count). The highest BCUT2D eigenvalue weighted by atomic mass is 32.1. The van der Waals surface area contributed by atoms with Crippen LogP contribution in [0.1, 0.15) is 10.5 Å². The molecule has 1 aromatic heterocycles. The van der Waals surface area contributed by atoms with Gasteiger partial charge in [-0.3, -0.25) is 4.79 Å². The lowest BCUT2D eigenvalue weighted by Gasteiger charge is -2.09. The summed E-state index contributed by atoms with van der Waals surface area (Å²) in [5, 5.41) is 20.9. The molecular formula is C7H9N3O4S. The lowest BCUT2D eigenvalue weighted by Crippen LogP contribution is -2.43. The van der Waals surface area contributed by atoms with Crippen molar-refractivity contribution in [1.29, 1.82) is 0 Å². The third kappa shape index (κ3) is 2.89. The molecule has 0 spiro atoms. The second-order valence-electron chi connectivity index (χ2n) is 2.62. The van der Waals surface area contributed by atoms with Crippen LogP contribution in [0.5, 0.6) is 0 Å². The van der Waals surface area contributed by atoms with E-state index in [9.17, 15) is 9.59 Å². The van der Waals surface area contributed by atoms with Crippen LogP contribution in [0.2, 0.25) is 0 Å². The van der Waals surface area contributed by atoms with Gasteiger partial charge in [-0.25, -0.2) is 9.78 Å². The van der Waals surface area contributed by atoms with Crippen LogP contribution in [-0.2, 0) is 4.79 Å². The number of aliphatic hydroxyl groups excluding tert-OH is 1. The molecule has 0 aliphatic rings. The number of thiazole rings is 1. The minimum atomic E-state index is -1.33. The van der Waals surface area contributed by atoms with Gasteiger partial charge in [0.25, 0.3) is 5.91 Å². The van der Waals surface area contributed by atoms with Crippen molar-refractivity contribution in [3.8, 4) is 0 Å². The molecule has 8 heteroatoms. The maximum absolute atomic E-state index is 11.3. The van der Waals surface area contributed by atoms with Gasteiger partial charge in [0.2, 0.25) is 0 Å². The van der Waals surface area contributed by atoms with E-state index < -0.39 is 24.5 Å². The lowest BCUT2D eigenvalue weighted by atomic mass is 10.3. The average molecular weight is 231 g/mol. The summed E-state index contributed by atoms with van der Waals surface area (Å²) in [4.78, 5) is 25.5. The van der Waals surface area contributed by atoms with Crippen molar-refractivity contribution in [3.63, 3.8) is 0 Å². The number of amides is 1. The van der Waals surface area contributed by atoms with Gasteiger partial charge < -0.3 is 21.3 Å². The first-order valence-electron chi connectivity index (χ1n) is 3.90. The molecule has 82 valence electrons. The van der Waals surface area contributed by atoms with Crippen LogP contribution in [0.3, 0.4) is 0 Å². The number of aliphatic carboxylic acids is 1. The highest BCUT2D eigenvalue weighted by Gasteiger charge is 2.20. The molecule has 0 saturated heterocycles. The van der Waals surface area contributed by atoms with Crippen LogP contribution >= 0.6 is 11.3 Å². The van der Waals surface area contributed by atoms with Gasteiger partial charge in [-0.1, -0.05) is 0 Å². The third-order valence-electron chi connectivity index (χ3n) is 1.54. The molecule has 0 saturated carbocycles. The number of hydrogen-bond donors (Lipinski definition) is 4. The Morgan fingerprint density at radius 3 is 2.73 bits per heavy atom. The molecule has 0 radical (unpaired) electrons. The number of carboxylic acid groups (broad SMARTS) is 1. The Balaban J connectivity index is 2.66. The number of nitrogens with two attached hydrogens (primary N) is 1. The molecule has 0 bridgehead atoms. The maximum atomic E-state index is 11.3. The van der Waals surface area contributed by atoms with Crippen LogP contribution in [0.25, 0.3) is 0 Å². The Morgan fingerprint density at radius 1 is 1.67 bits per heavy atom. The number of rotatable bonds is 4. The fraction of sp³-hybridized carbons (Fsp3) is 0.286. The van der Waals surface area contributed by atoms with Crippen molar-refractivity contribution >= 4 is 28.3 Å². The van der Waals surface area contributed by atoms with Gasteiger partial charge in [-0.05, 0) is 0 Å². The van der Waals surface area contributed by atoms with Crippen molar-refractivity contribution in [2.75, 3.05) is 12.3 Å². The number of hydrogen-bond acceptors (Lipinski definition) is 6. The molecule has 1 atom stereocenters. The number of aliphatic hydroxyl groups is 1. The van der Waals surface area contributed by atoms with Crippen LogP contribution in [0.15, 0.2) is 5.38 Å².